The van der Waals surface area contributed by atoms with E-state index >= 15 is 0 Å². The Balaban J connectivity index is 1.43. The minimum absolute atomic E-state index is 0.0646. The van der Waals surface area contributed by atoms with Crippen molar-refractivity contribution in [2.75, 3.05) is 36.0 Å². The van der Waals surface area contributed by atoms with Crippen molar-refractivity contribution in [1.29, 1.82) is 0 Å². The van der Waals surface area contributed by atoms with Gasteiger partial charge in [-0.3, -0.25) is 9.59 Å². The fraction of sp³-hybridized carbons (Fsp3) is 0.333. The Morgan fingerprint density at radius 3 is 2.23 bits per heavy atom. The SMILES string of the molecule is O=C1C[C@@H]([NH+]2CCN(c3cccc(C(F)(F)F)c3)CC2)C(=O)N1c1ccc(F)cc1. The van der Waals surface area contributed by atoms with E-state index in [2.05, 4.69) is 0 Å². The van der Waals surface area contributed by atoms with E-state index in [4.69, 9.17) is 0 Å². The first-order valence-corrected chi connectivity index (χ1v) is 9.63. The zero-order valence-corrected chi connectivity index (χ0v) is 16.0. The summed E-state index contributed by atoms with van der Waals surface area (Å²) in [6, 6.07) is 9.85. The summed E-state index contributed by atoms with van der Waals surface area (Å²) in [4.78, 5) is 29.2. The van der Waals surface area contributed by atoms with E-state index in [0.29, 0.717) is 37.6 Å². The molecule has 2 aliphatic rings. The first-order chi connectivity index (χ1) is 14.2. The maximum absolute atomic E-state index is 13.1. The molecule has 0 aliphatic carbocycles. The first kappa shape index (κ1) is 20.3. The second-order valence-electron chi connectivity index (χ2n) is 7.49. The molecule has 2 heterocycles. The second-order valence-corrected chi connectivity index (χ2v) is 7.49. The molecule has 1 atom stereocenters. The average Bonchev–Trinajstić information content (AvgIpc) is 3.02. The molecule has 2 aromatic carbocycles. The minimum Gasteiger partial charge on any atom is -0.360 e. The van der Waals surface area contributed by atoms with Crippen LogP contribution in [-0.4, -0.2) is 44.0 Å². The van der Waals surface area contributed by atoms with Crippen LogP contribution < -0.4 is 14.7 Å². The fourth-order valence-corrected chi connectivity index (χ4v) is 4.09. The maximum atomic E-state index is 13.1. The summed E-state index contributed by atoms with van der Waals surface area (Å²) in [5.41, 5.74) is 0.142. The lowest BCUT2D eigenvalue weighted by Crippen LogP contribution is -3.19. The molecular formula is C21H20F4N3O2+. The number of hydrogen-bond donors (Lipinski definition) is 1. The summed E-state index contributed by atoms with van der Waals surface area (Å²) in [6.45, 7) is 2.00. The zero-order valence-electron chi connectivity index (χ0n) is 16.0. The van der Waals surface area contributed by atoms with Gasteiger partial charge in [0.25, 0.3) is 5.91 Å². The molecular weight excluding hydrogens is 402 g/mol. The molecule has 30 heavy (non-hydrogen) atoms. The second kappa shape index (κ2) is 7.71. The predicted molar refractivity (Wildman–Crippen MR) is 102 cm³/mol. The van der Waals surface area contributed by atoms with Crippen molar-refractivity contribution in [3.63, 3.8) is 0 Å². The number of imide groups is 1. The van der Waals surface area contributed by atoms with Crippen molar-refractivity contribution in [2.45, 2.75) is 18.6 Å². The van der Waals surface area contributed by atoms with Crippen LogP contribution in [0.4, 0.5) is 28.9 Å². The van der Waals surface area contributed by atoms with Gasteiger partial charge >= 0.3 is 6.18 Å². The number of nitrogens with one attached hydrogen (secondary N) is 1. The number of rotatable bonds is 3. The van der Waals surface area contributed by atoms with Crippen LogP contribution in [0.1, 0.15) is 12.0 Å². The molecule has 0 unspecified atom stereocenters. The summed E-state index contributed by atoms with van der Waals surface area (Å²) in [7, 11) is 0. The van der Waals surface area contributed by atoms with Gasteiger partial charge in [-0.1, -0.05) is 6.07 Å². The van der Waals surface area contributed by atoms with Gasteiger partial charge in [-0.2, -0.15) is 13.2 Å². The number of alkyl halides is 3. The highest BCUT2D eigenvalue weighted by atomic mass is 19.4. The minimum atomic E-state index is -4.40. The van der Waals surface area contributed by atoms with Gasteiger partial charge < -0.3 is 9.80 Å². The summed E-state index contributed by atoms with van der Waals surface area (Å²) in [5, 5.41) is 0. The number of benzene rings is 2. The highest BCUT2D eigenvalue weighted by molar-refractivity contribution is 6.21. The molecule has 0 bridgehead atoms. The average molecular weight is 422 g/mol. The van der Waals surface area contributed by atoms with Gasteiger partial charge in [-0.25, -0.2) is 9.29 Å². The van der Waals surface area contributed by atoms with Crippen molar-refractivity contribution in [3.8, 4) is 0 Å². The Morgan fingerprint density at radius 2 is 1.60 bits per heavy atom. The molecule has 9 heteroatoms. The molecule has 2 aromatic rings. The van der Waals surface area contributed by atoms with Crippen molar-refractivity contribution in [2.24, 2.45) is 0 Å². The monoisotopic (exact) mass is 422 g/mol. The van der Waals surface area contributed by atoms with Crippen LogP contribution in [0.5, 0.6) is 0 Å². The number of carbonyl (C=O) groups is 2. The van der Waals surface area contributed by atoms with Gasteiger partial charge in [0.15, 0.2) is 6.04 Å². The molecule has 4 rings (SSSR count). The summed E-state index contributed by atoms with van der Waals surface area (Å²) in [6.07, 6.45) is -4.33. The maximum Gasteiger partial charge on any atom is 0.416 e. The summed E-state index contributed by atoms with van der Waals surface area (Å²) in [5.74, 6) is -1.11. The Morgan fingerprint density at radius 1 is 0.933 bits per heavy atom. The van der Waals surface area contributed by atoms with E-state index in [0.717, 1.165) is 21.9 Å². The lowest BCUT2D eigenvalue weighted by Gasteiger charge is -2.35. The molecule has 2 fully saturated rings. The van der Waals surface area contributed by atoms with Crippen LogP contribution in [-0.2, 0) is 15.8 Å². The van der Waals surface area contributed by atoms with Crippen molar-refractivity contribution in [1.82, 2.24) is 0 Å². The largest absolute Gasteiger partial charge is 0.416 e. The van der Waals surface area contributed by atoms with E-state index < -0.39 is 23.6 Å². The van der Waals surface area contributed by atoms with Gasteiger partial charge in [0.2, 0.25) is 5.91 Å². The lowest BCUT2D eigenvalue weighted by molar-refractivity contribution is -0.915. The number of quaternary nitrogens is 1. The standard InChI is InChI=1S/C21H19F4N3O2/c22-15-4-6-16(7-5-15)28-19(29)13-18(20(28)30)27-10-8-26(9-11-27)17-3-1-2-14(12-17)21(23,24)25/h1-7,12,18H,8-11,13H2/p+1/t18-/m1/s1. The molecule has 158 valence electrons. The van der Waals surface area contributed by atoms with Crippen molar-refractivity contribution in [3.05, 3.63) is 59.9 Å². The molecule has 5 nitrogen and oxygen atoms in total. The third-order valence-electron chi connectivity index (χ3n) is 5.67. The molecule has 0 radical (unpaired) electrons. The zero-order chi connectivity index (χ0) is 21.5. The highest BCUT2D eigenvalue weighted by Gasteiger charge is 2.46. The van der Waals surface area contributed by atoms with Gasteiger partial charge in [0.05, 0.1) is 43.9 Å². The fourth-order valence-electron chi connectivity index (χ4n) is 4.09. The first-order valence-electron chi connectivity index (χ1n) is 9.63. The van der Waals surface area contributed by atoms with Crippen molar-refractivity contribution < 1.29 is 32.1 Å². The molecule has 0 saturated carbocycles. The Hall–Kier alpha value is -2.94. The van der Waals surface area contributed by atoms with Crippen LogP contribution in [0.2, 0.25) is 0 Å². The Bertz CT molecular complexity index is 953. The molecule has 0 spiro atoms. The smallest absolute Gasteiger partial charge is 0.360 e. The summed E-state index contributed by atoms with van der Waals surface area (Å²) >= 11 is 0. The van der Waals surface area contributed by atoms with E-state index in [1.807, 2.05) is 4.90 Å². The van der Waals surface area contributed by atoms with E-state index in [1.165, 1.54) is 30.3 Å². The highest BCUT2D eigenvalue weighted by Crippen LogP contribution is 2.31. The predicted octanol–water partition coefficient (Wildman–Crippen LogP) is 1.88. The number of carbonyl (C=O) groups excluding carboxylic acids is 2. The lowest BCUT2D eigenvalue weighted by atomic mass is 10.1. The van der Waals surface area contributed by atoms with E-state index in [9.17, 15) is 27.2 Å². The molecule has 0 aromatic heterocycles. The molecule has 2 aliphatic heterocycles. The quantitative estimate of drug-likeness (QED) is 0.607. The van der Waals surface area contributed by atoms with Crippen LogP contribution in [0.3, 0.4) is 0 Å². The van der Waals surface area contributed by atoms with E-state index in [1.54, 1.807) is 6.07 Å². The normalized spacial score (nSPS) is 20.9. The summed E-state index contributed by atoms with van der Waals surface area (Å²) < 4.78 is 52.0. The van der Waals surface area contributed by atoms with Gasteiger partial charge in [-0.15, -0.1) is 0 Å². The number of anilines is 2. The topological polar surface area (TPSA) is 45.1 Å². The van der Waals surface area contributed by atoms with Gasteiger partial charge in [0.1, 0.15) is 5.82 Å². The number of nitrogens with zero attached hydrogens (tertiary/aromatic N) is 2. The van der Waals surface area contributed by atoms with Crippen LogP contribution in [0.15, 0.2) is 48.5 Å². The van der Waals surface area contributed by atoms with Gasteiger partial charge in [0, 0.05) is 5.69 Å². The molecule has 2 amide bonds. The van der Waals surface area contributed by atoms with Crippen LogP contribution in [0, 0.1) is 5.82 Å². The number of piperazine rings is 1. The van der Waals surface area contributed by atoms with Crippen LogP contribution in [0.25, 0.3) is 0 Å². The molecule has 1 N–H and O–H groups in total. The third kappa shape index (κ3) is 3.89. The van der Waals surface area contributed by atoms with Crippen molar-refractivity contribution >= 4 is 23.2 Å². The van der Waals surface area contributed by atoms with E-state index in [-0.39, 0.29) is 18.2 Å². The Kier molecular flexibility index (Phi) is 5.23. The number of amides is 2. The third-order valence-corrected chi connectivity index (χ3v) is 5.67. The van der Waals surface area contributed by atoms with Gasteiger partial charge in [-0.05, 0) is 42.5 Å². The number of halogens is 4. The molecule has 2 saturated heterocycles. The number of hydrogen-bond acceptors (Lipinski definition) is 3. The Labute approximate surface area is 170 Å². The van der Waals surface area contributed by atoms with Crippen LogP contribution >= 0.6 is 0 Å².